The second-order valence-corrected chi connectivity index (χ2v) is 6.14. The molecule has 2 N–H and O–H groups in total. The van der Waals surface area contributed by atoms with E-state index < -0.39 is 0 Å². The van der Waals surface area contributed by atoms with Gasteiger partial charge in [0.2, 0.25) is 0 Å². The lowest BCUT2D eigenvalue weighted by Gasteiger charge is -2.11. The molecule has 8 nitrogen and oxygen atoms in total. The summed E-state index contributed by atoms with van der Waals surface area (Å²) in [4.78, 5) is 11.8. The van der Waals surface area contributed by atoms with Crippen molar-refractivity contribution < 1.29 is 14.3 Å². The highest BCUT2D eigenvalue weighted by atomic mass is 32.1. The summed E-state index contributed by atoms with van der Waals surface area (Å²) < 4.78 is 12.9. The van der Waals surface area contributed by atoms with Gasteiger partial charge in [0.05, 0.1) is 12.6 Å². The first-order valence-corrected chi connectivity index (χ1v) is 8.48. The number of nitrogens with zero attached hydrogens (tertiary/aromatic N) is 3. The SMILES string of the molecule is COc1cc(C=C2NC(=S)NC2=O)ccc1OCn1nnc2ccccc21. The van der Waals surface area contributed by atoms with Gasteiger partial charge < -0.3 is 14.8 Å². The number of aromatic nitrogens is 3. The molecule has 0 unspecified atom stereocenters. The van der Waals surface area contributed by atoms with Gasteiger partial charge in [0.1, 0.15) is 11.2 Å². The van der Waals surface area contributed by atoms with Crippen molar-refractivity contribution in [3.05, 3.63) is 53.7 Å². The van der Waals surface area contributed by atoms with Gasteiger partial charge in [-0.15, -0.1) is 5.10 Å². The maximum atomic E-state index is 11.8. The Morgan fingerprint density at radius 3 is 2.81 bits per heavy atom. The first-order chi connectivity index (χ1) is 13.1. The number of carbonyl (C=O) groups excluding carboxylic acids is 1. The normalized spacial score (nSPS) is 15.1. The summed E-state index contributed by atoms with van der Waals surface area (Å²) in [6.45, 7) is 0.190. The average Bonchev–Trinajstić information content (AvgIpc) is 3.23. The van der Waals surface area contributed by atoms with E-state index in [-0.39, 0.29) is 12.6 Å². The van der Waals surface area contributed by atoms with E-state index in [1.165, 1.54) is 0 Å². The van der Waals surface area contributed by atoms with E-state index in [9.17, 15) is 4.79 Å². The van der Waals surface area contributed by atoms with Gasteiger partial charge in [-0.1, -0.05) is 23.4 Å². The minimum Gasteiger partial charge on any atom is -0.493 e. The van der Waals surface area contributed by atoms with Gasteiger partial charge in [0.25, 0.3) is 5.91 Å². The summed E-state index contributed by atoms with van der Waals surface area (Å²) in [7, 11) is 1.56. The molecular weight excluding hydrogens is 366 g/mol. The van der Waals surface area contributed by atoms with Crippen molar-refractivity contribution >= 4 is 40.3 Å². The Morgan fingerprint density at radius 2 is 2.04 bits per heavy atom. The van der Waals surface area contributed by atoms with Gasteiger partial charge in [-0.3, -0.25) is 10.1 Å². The third-order valence-electron chi connectivity index (χ3n) is 3.98. The summed E-state index contributed by atoms with van der Waals surface area (Å²) in [5.41, 5.74) is 2.83. The molecule has 2 heterocycles. The number of hydrogen-bond donors (Lipinski definition) is 2. The van der Waals surface area contributed by atoms with Gasteiger partial charge in [0.15, 0.2) is 23.3 Å². The molecule has 0 atom stereocenters. The van der Waals surface area contributed by atoms with Gasteiger partial charge in [-0.25, -0.2) is 4.68 Å². The van der Waals surface area contributed by atoms with Crippen molar-refractivity contribution in [2.24, 2.45) is 0 Å². The maximum absolute atomic E-state index is 11.8. The molecule has 4 rings (SSSR count). The summed E-state index contributed by atoms with van der Waals surface area (Å²) >= 11 is 4.92. The molecule has 1 aromatic heterocycles. The van der Waals surface area contributed by atoms with Gasteiger partial charge in [0, 0.05) is 0 Å². The van der Waals surface area contributed by atoms with Crippen LogP contribution in [0.25, 0.3) is 17.1 Å². The number of nitrogens with one attached hydrogen (secondary N) is 2. The van der Waals surface area contributed by atoms with Crippen LogP contribution in [0.4, 0.5) is 0 Å². The second-order valence-electron chi connectivity index (χ2n) is 5.73. The quantitative estimate of drug-likeness (QED) is 0.515. The lowest BCUT2D eigenvalue weighted by molar-refractivity contribution is -0.115. The second kappa shape index (κ2) is 7.04. The topological polar surface area (TPSA) is 90.3 Å². The predicted octanol–water partition coefficient (Wildman–Crippen LogP) is 1.82. The Morgan fingerprint density at radius 1 is 1.19 bits per heavy atom. The van der Waals surface area contributed by atoms with E-state index in [0.717, 1.165) is 16.6 Å². The summed E-state index contributed by atoms with van der Waals surface area (Å²) in [6, 6.07) is 13.0. The first-order valence-electron chi connectivity index (χ1n) is 8.07. The standard InChI is InChI=1S/C18H15N5O3S/c1-25-16-9-11(8-13-17(24)20-18(27)19-13)6-7-15(16)26-10-23-14-5-3-2-4-12(14)21-22-23/h2-9H,10H2,1H3,(H2,19,20,24,27). The molecule has 1 aliphatic rings. The highest BCUT2D eigenvalue weighted by Gasteiger charge is 2.20. The van der Waals surface area contributed by atoms with Crippen LogP contribution in [0.5, 0.6) is 11.5 Å². The van der Waals surface area contributed by atoms with Gasteiger partial charge in [-0.05, 0) is 48.1 Å². The zero-order valence-electron chi connectivity index (χ0n) is 14.3. The van der Waals surface area contributed by atoms with Crippen molar-refractivity contribution in [3.63, 3.8) is 0 Å². The zero-order chi connectivity index (χ0) is 18.8. The van der Waals surface area contributed by atoms with Crippen LogP contribution in [0.3, 0.4) is 0 Å². The van der Waals surface area contributed by atoms with Crippen LogP contribution < -0.4 is 20.1 Å². The van der Waals surface area contributed by atoms with Gasteiger partial charge >= 0.3 is 0 Å². The van der Waals surface area contributed by atoms with Crippen LogP contribution in [0, 0.1) is 0 Å². The molecule has 0 spiro atoms. The summed E-state index contributed by atoms with van der Waals surface area (Å²) in [6.07, 6.45) is 1.69. The molecule has 1 fully saturated rings. The predicted molar refractivity (Wildman–Crippen MR) is 103 cm³/mol. The molecule has 9 heteroatoms. The molecule has 0 radical (unpaired) electrons. The number of amides is 1. The Hall–Kier alpha value is -3.46. The Bertz CT molecular complexity index is 1080. The Balaban J connectivity index is 1.54. The number of hydrogen-bond acceptors (Lipinski definition) is 6. The molecule has 0 saturated carbocycles. The van der Waals surface area contributed by atoms with Crippen LogP contribution in [0.15, 0.2) is 48.2 Å². The van der Waals surface area contributed by atoms with Gasteiger partial charge in [-0.2, -0.15) is 0 Å². The number of ether oxygens (including phenoxy) is 2. The van der Waals surface area contributed by atoms with E-state index in [1.54, 1.807) is 30.0 Å². The van der Waals surface area contributed by atoms with Crippen LogP contribution in [0.2, 0.25) is 0 Å². The molecule has 0 bridgehead atoms. The summed E-state index contributed by atoms with van der Waals surface area (Å²) in [5.74, 6) is 0.825. The molecule has 1 amide bonds. The van der Waals surface area contributed by atoms with Crippen LogP contribution >= 0.6 is 12.2 Å². The lowest BCUT2D eigenvalue weighted by atomic mass is 10.1. The van der Waals surface area contributed by atoms with Crippen LogP contribution in [-0.4, -0.2) is 33.1 Å². The molecule has 136 valence electrons. The number of rotatable bonds is 5. The monoisotopic (exact) mass is 381 g/mol. The number of thiocarbonyl (C=S) groups is 1. The molecule has 3 aromatic rings. The van der Waals surface area contributed by atoms with Crippen LogP contribution in [-0.2, 0) is 11.5 Å². The largest absolute Gasteiger partial charge is 0.493 e. The fourth-order valence-corrected chi connectivity index (χ4v) is 2.89. The number of benzene rings is 2. The lowest BCUT2D eigenvalue weighted by Crippen LogP contribution is -2.21. The van der Waals surface area contributed by atoms with E-state index in [4.69, 9.17) is 21.7 Å². The molecule has 27 heavy (non-hydrogen) atoms. The molecule has 1 aliphatic heterocycles. The van der Waals surface area contributed by atoms with Crippen LogP contribution in [0.1, 0.15) is 5.56 Å². The fourth-order valence-electron chi connectivity index (χ4n) is 2.69. The van der Waals surface area contributed by atoms with Crippen molar-refractivity contribution in [1.29, 1.82) is 0 Å². The van der Waals surface area contributed by atoms with Crippen molar-refractivity contribution in [2.45, 2.75) is 6.73 Å². The molecule has 1 saturated heterocycles. The van der Waals surface area contributed by atoms with E-state index in [2.05, 4.69) is 20.9 Å². The van der Waals surface area contributed by atoms with Crippen molar-refractivity contribution in [2.75, 3.05) is 7.11 Å². The van der Waals surface area contributed by atoms with E-state index in [1.807, 2.05) is 30.3 Å². The summed E-state index contributed by atoms with van der Waals surface area (Å²) in [5, 5.41) is 13.8. The zero-order valence-corrected chi connectivity index (χ0v) is 15.1. The Kier molecular flexibility index (Phi) is 4.43. The molecular formula is C18H15N5O3S. The highest BCUT2D eigenvalue weighted by Crippen LogP contribution is 2.29. The first kappa shape index (κ1) is 17.0. The van der Waals surface area contributed by atoms with Crippen molar-refractivity contribution in [3.8, 4) is 11.5 Å². The fraction of sp³-hybridized carbons (Fsp3) is 0.111. The third kappa shape index (κ3) is 3.44. The number of carbonyl (C=O) groups is 1. The molecule has 2 aromatic carbocycles. The number of para-hydroxylation sites is 1. The Labute approximate surface area is 159 Å². The number of fused-ring (bicyclic) bond motifs is 1. The average molecular weight is 381 g/mol. The van der Waals surface area contributed by atoms with E-state index in [0.29, 0.717) is 22.3 Å². The number of methoxy groups -OCH3 is 1. The third-order valence-corrected chi connectivity index (χ3v) is 4.19. The minimum atomic E-state index is -0.266. The maximum Gasteiger partial charge on any atom is 0.273 e. The van der Waals surface area contributed by atoms with E-state index >= 15 is 0 Å². The smallest absolute Gasteiger partial charge is 0.273 e. The van der Waals surface area contributed by atoms with Crippen molar-refractivity contribution in [1.82, 2.24) is 25.6 Å². The minimum absolute atomic E-state index is 0.190. The highest BCUT2D eigenvalue weighted by molar-refractivity contribution is 7.80. The molecule has 0 aliphatic carbocycles.